The minimum absolute atomic E-state index is 1.09. The molecule has 0 unspecified atom stereocenters. The van der Waals surface area contributed by atoms with Gasteiger partial charge in [-0.05, 0) is 154 Å². The van der Waals surface area contributed by atoms with Crippen LogP contribution in [0, 0.1) is 0 Å². The molecule has 6 rings (SSSR count). The van der Waals surface area contributed by atoms with Gasteiger partial charge in [0, 0.05) is 41.5 Å². The van der Waals surface area contributed by atoms with Crippen molar-refractivity contribution in [3.05, 3.63) is 217 Å². The smallest absolute Gasteiger partial charge is 0.0464 e. The summed E-state index contributed by atoms with van der Waals surface area (Å²) >= 11 is 3.69. The van der Waals surface area contributed by atoms with Crippen LogP contribution in [-0.4, -0.2) is 0 Å². The van der Waals surface area contributed by atoms with Gasteiger partial charge in [-0.25, -0.2) is 0 Å². The van der Waals surface area contributed by atoms with Gasteiger partial charge in [0.15, 0.2) is 0 Å². The normalized spacial score (nSPS) is 14.5. The summed E-state index contributed by atoms with van der Waals surface area (Å²) in [5.74, 6) is 0. The molecule has 0 N–H and O–H groups in total. The van der Waals surface area contributed by atoms with Gasteiger partial charge in [-0.2, -0.15) is 0 Å². The van der Waals surface area contributed by atoms with Crippen LogP contribution in [0.1, 0.15) is 96.7 Å². The topological polar surface area (TPSA) is 3.24 Å². The highest BCUT2D eigenvalue weighted by molar-refractivity contribution is 8.03. The van der Waals surface area contributed by atoms with Crippen LogP contribution < -0.4 is 14.7 Å². The zero-order chi connectivity index (χ0) is 44.4. The van der Waals surface area contributed by atoms with Crippen LogP contribution in [0.2, 0.25) is 0 Å². The molecule has 62 heavy (non-hydrogen) atoms. The number of thiophene rings is 1. The molecular formula is C59H63NS2. The lowest BCUT2D eigenvalue weighted by Gasteiger charge is -2.27. The zero-order valence-electron chi connectivity index (χ0n) is 38.2. The van der Waals surface area contributed by atoms with Crippen LogP contribution in [-0.2, 0) is 0 Å². The molecule has 5 aromatic rings. The highest BCUT2D eigenvalue weighted by Crippen LogP contribution is 2.40. The van der Waals surface area contributed by atoms with Crippen molar-refractivity contribution in [2.45, 2.75) is 80.1 Å². The average Bonchev–Trinajstić information content (AvgIpc) is 3.64. The van der Waals surface area contributed by atoms with Crippen LogP contribution in [0.15, 0.2) is 191 Å². The summed E-state index contributed by atoms with van der Waals surface area (Å²) in [7, 11) is 0. The molecule has 0 fully saturated rings. The van der Waals surface area contributed by atoms with E-state index in [0.29, 0.717) is 0 Å². The van der Waals surface area contributed by atoms with Crippen molar-refractivity contribution in [2.24, 2.45) is 0 Å². The average molecular weight is 850 g/mol. The summed E-state index contributed by atoms with van der Waals surface area (Å²) in [6, 6.07) is 37.4. The largest absolute Gasteiger partial charge is 0.314 e. The highest BCUT2D eigenvalue weighted by atomic mass is 32.2. The first-order chi connectivity index (χ1) is 30.3. The van der Waals surface area contributed by atoms with Gasteiger partial charge in [-0.15, -0.1) is 11.3 Å². The third-order valence-corrected chi connectivity index (χ3v) is 13.1. The summed E-state index contributed by atoms with van der Waals surface area (Å²) in [6.07, 6.45) is 30.8. The Balaban J connectivity index is 0.00000358. The molecule has 0 saturated heterocycles. The Bertz CT molecular complexity index is 2690. The number of hydrogen-bond donors (Lipinski definition) is 0. The second-order valence-electron chi connectivity index (χ2n) is 14.8. The first-order valence-electron chi connectivity index (χ1n) is 21.9. The zero-order valence-corrected chi connectivity index (χ0v) is 39.8. The lowest BCUT2D eigenvalue weighted by molar-refractivity contribution is 0.957. The second kappa shape index (κ2) is 23.9. The van der Waals surface area contributed by atoms with Gasteiger partial charge in [-0.1, -0.05) is 171 Å². The number of hydrogen-bond acceptors (Lipinski definition) is 3. The van der Waals surface area contributed by atoms with E-state index in [1.807, 2.05) is 43.0 Å². The maximum Gasteiger partial charge on any atom is 0.0464 e. The molecule has 1 aromatic heterocycles. The minimum atomic E-state index is 1.09. The van der Waals surface area contributed by atoms with Crippen molar-refractivity contribution < 1.29 is 0 Å². The van der Waals surface area contributed by atoms with E-state index in [1.165, 1.54) is 63.4 Å². The first-order valence-corrected chi connectivity index (χ1v) is 23.5. The summed E-state index contributed by atoms with van der Waals surface area (Å²) < 4.78 is 1.19. The second-order valence-corrected chi connectivity index (χ2v) is 17.0. The Morgan fingerprint density at radius 1 is 0.790 bits per heavy atom. The molecular weight excluding hydrogens is 787 g/mol. The van der Waals surface area contributed by atoms with Gasteiger partial charge in [0.25, 0.3) is 0 Å². The molecule has 1 aliphatic rings. The van der Waals surface area contributed by atoms with E-state index in [1.54, 1.807) is 0 Å². The van der Waals surface area contributed by atoms with Crippen molar-refractivity contribution in [1.29, 1.82) is 0 Å². The maximum atomic E-state index is 4.26. The predicted molar refractivity (Wildman–Crippen MR) is 282 cm³/mol. The maximum absolute atomic E-state index is 4.26. The van der Waals surface area contributed by atoms with Gasteiger partial charge in [0.2, 0.25) is 0 Å². The standard InChI is InChI=1S/C57H57NS2.C2H6/c1-9-14-30-53-51(13-5)55(24-11-3)60-57(53)40-48(43(8)52-31-19-21-33-56(52)59-54-32-20-18-25-41(54)6)38-42(7)58(49-36-34-46(35-37-49)44(12-4)23-10-2)50-29-22-28-47(39-50)45-26-16-15-17-27-45;1-2/h9-17,19-24,26-40H,5,18,25H2,1-4,6-8H3;1-2H3/b14-9-,23-10-,24-11-,42-38+,44-12+,48-43-,53-30-,57-40-;. The van der Waals surface area contributed by atoms with Crippen molar-refractivity contribution in [2.75, 3.05) is 4.90 Å². The van der Waals surface area contributed by atoms with Gasteiger partial charge < -0.3 is 4.90 Å². The monoisotopic (exact) mass is 849 g/mol. The predicted octanol–water partition coefficient (Wildman–Crippen LogP) is 17.2. The fourth-order valence-electron chi connectivity index (χ4n) is 7.51. The minimum Gasteiger partial charge on any atom is -0.314 e. The molecule has 0 amide bonds. The number of nitrogens with zero attached hydrogens (tertiary/aromatic N) is 1. The summed E-state index contributed by atoms with van der Waals surface area (Å²) in [4.78, 5) is 6.19. The molecule has 0 bridgehead atoms. The van der Waals surface area contributed by atoms with Crippen molar-refractivity contribution in [1.82, 2.24) is 0 Å². The number of benzene rings is 4. The number of thioether (sulfide) groups is 1. The van der Waals surface area contributed by atoms with Gasteiger partial charge in [-0.3, -0.25) is 0 Å². The third-order valence-electron chi connectivity index (χ3n) is 10.7. The van der Waals surface area contributed by atoms with Gasteiger partial charge in [0.1, 0.15) is 0 Å². The third kappa shape index (κ3) is 11.7. The van der Waals surface area contributed by atoms with Gasteiger partial charge in [0.05, 0.1) is 0 Å². The van der Waals surface area contributed by atoms with Crippen molar-refractivity contribution in [3.63, 3.8) is 0 Å². The van der Waals surface area contributed by atoms with E-state index in [2.05, 4.69) is 236 Å². The van der Waals surface area contributed by atoms with E-state index in [9.17, 15) is 0 Å². The van der Waals surface area contributed by atoms with Crippen LogP contribution in [0.4, 0.5) is 11.4 Å². The molecule has 1 heterocycles. The van der Waals surface area contributed by atoms with Gasteiger partial charge >= 0.3 is 0 Å². The van der Waals surface area contributed by atoms with Crippen LogP contribution in [0.25, 0.3) is 46.6 Å². The Kier molecular flexibility index (Phi) is 18.2. The summed E-state index contributed by atoms with van der Waals surface area (Å²) in [5.41, 5.74) is 14.2. The molecule has 1 aliphatic carbocycles. The number of anilines is 2. The van der Waals surface area contributed by atoms with Crippen LogP contribution >= 0.6 is 23.1 Å². The van der Waals surface area contributed by atoms with E-state index in [0.717, 1.165) is 41.1 Å². The van der Waals surface area contributed by atoms with E-state index in [-0.39, 0.29) is 0 Å². The van der Waals surface area contributed by atoms with Crippen LogP contribution in [0.5, 0.6) is 0 Å². The molecule has 0 radical (unpaired) electrons. The molecule has 1 nitrogen and oxygen atoms in total. The molecule has 316 valence electrons. The summed E-state index contributed by atoms with van der Waals surface area (Å²) in [5, 5.41) is 1.18. The Morgan fingerprint density at radius 2 is 1.52 bits per heavy atom. The molecule has 0 aliphatic heterocycles. The number of allylic oxidation sites excluding steroid dienone is 14. The lowest BCUT2D eigenvalue weighted by atomic mass is 9.99. The molecule has 0 saturated carbocycles. The van der Waals surface area contributed by atoms with E-state index < -0.39 is 0 Å². The lowest BCUT2D eigenvalue weighted by Crippen LogP contribution is -2.20. The fourth-order valence-corrected chi connectivity index (χ4v) is 9.88. The SMILES string of the molecule is C=Cc1c(/C=C\C)sc(=C\C(\C=C(/C)N(c2ccc(C(/C=C\C)=C/C)cc2)c2cccc(-c3ccccc3)c2)=C(\C)c2ccccc2SC2=C(C)CCC=C2)/c1=C\C=C/C.CC. The Hall–Kier alpha value is -5.87. The van der Waals surface area contributed by atoms with Crippen molar-refractivity contribution in [3.8, 4) is 11.1 Å². The van der Waals surface area contributed by atoms with E-state index >= 15 is 0 Å². The molecule has 3 heteroatoms. The Morgan fingerprint density at radius 3 is 2.19 bits per heavy atom. The quantitative estimate of drug-likeness (QED) is 0.102. The Labute approximate surface area is 381 Å². The number of rotatable bonds is 14. The van der Waals surface area contributed by atoms with Crippen LogP contribution in [0.3, 0.4) is 0 Å². The molecule has 0 atom stereocenters. The molecule has 0 spiro atoms. The fraction of sp³-hybridized carbons (Fsp3) is 0.186. The van der Waals surface area contributed by atoms with E-state index in [4.69, 9.17) is 0 Å². The van der Waals surface area contributed by atoms with Crippen molar-refractivity contribution >= 4 is 69.9 Å². The molecule has 4 aromatic carbocycles. The summed E-state index contributed by atoms with van der Waals surface area (Å²) in [6.45, 7) is 23.4. The highest BCUT2D eigenvalue weighted by Gasteiger charge is 2.17. The first kappa shape index (κ1) is 47.2.